The van der Waals surface area contributed by atoms with Gasteiger partial charge in [0.1, 0.15) is 6.29 Å². The van der Waals surface area contributed by atoms with Crippen LogP contribution in [0.25, 0.3) is 0 Å². The Labute approximate surface area is 169 Å². The van der Waals surface area contributed by atoms with E-state index in [9.17, 15) is 31.9 Å². The Bertz CT molecular complexity index is 797. The molecule has 0 spiro atoms. The fourth-order valence-corrected chi connectivity index (χ4v) is 4.24. The predicted molar refractivity (Wildman–Crippen MR) is 94.6 cm³/mol. The van der Waals surface area contributed by atoms with Crippen LogP contribution in [-0.4, -0.2) is 65.0 Å². The van der Waals surface area contributed by atoms with Crippen molar-refractivity contribution in [1.29, 1.82) is 0 Å². The summed E-state index contributed by atoms with van der Waals surface area (Å²) in [7, 11) is 0. The van der Waals surface area contributed by atoms with Gasteiger partial charge in [0.15, 0.2) is 0 Å². The van der Waals surface area contributed by atoms with Gasteiger partial charge in [0.05, 0.1) is 43.4 Å². The molecule has 1 amide bonds. The minimum Gasteiger partial charge on any atom is -0.395 e. The molecule has 30 heavy (non-hydrogen) atoms. The Morgan fingerprint density at radius 3 is 2.40 bits per heavy atom. The summed E-state index contributed by atoms with van der Waals surface area (Å²) in [6.07, 6.45) is -5.90. The van der Waals surface area contributed by atoms with Gasteiger partial charge in [0.2, 0.25) is 5.91 Å². The van der Waals surface area contributed by atoms with E-state index in [4.69, 9.17) is 0 Å². The number of hydrogen-bond acceptors (Lipinski definition) is 6. The number of likely N-dealkylation sites (tertiary alicyclic amines) is 1. The van der Waals surface area contributed by atoms with Gasteiger partial charge in [-0.2, -0.15) is 13.2 Å². The minimum atomic E-state index is -4.45. The molecule has 0 aromatic heterocycles. The highest BCUT2D eigenvalue weighted by Gasteiger charge is 2.55. The molecule has 1 aromatic carbocycles. The zero-order chi connectivity index (χ0) is 21.8. The summed E-state index contributed by atoms with van der Waals surface area (Å²) >= 11 is 0. The first-order chi connectivity index (χ1) is 14.0. The number of carbonyl (C=O) groups excluding carboxylic acids is 1. The van der Waals surface area contributed by atoms with Crippen molar-refractivity contribution in [2.75, 3.05) is 19.7 Å². The molecule has 3 fully saturated rings. The summed E-state index contributed by atoms with van der Waals surface area (Å²) in [5.41, 5.74) is 2.83. The van der Waals surface area contributed by atoms with Gasteiger partial charge >= 0.3 is 6.18 Å². The van der Waals surface area contributed by atoms with E-state index < -0.39 is 67.1 Å². The Balaban J connectivity index is 1.54. The van der Waals surface area contributed by atoms with Crippen LogP contribution in [0.4, 0.5) is 22.0 Å². The summed E-state index contributed by atoms with van der Waals surface area (Å²) in [5.74, 6) is -3.91. The molecule has 4 unspecified atom stereocenters. The molecule has 3 heterocycles. The number of hydrazine groups is 1. The molecule has 3 saturated heterocycles. The fraction of sp³-hybridized carbons (Fsp3) is 0.611. The van der Waals surface area contributed by atoms with Gasteiger partial charge in [0.25, 0.3) is 5.92 Å². The molecule has 166 valence electrons. The summed E-state index contributed by atoms with van der Waals surface area (Å²) in [6.45, 7) is 0.410. The van der Waals surface area contributed by atoms with Crippen molar-refractivity contribution in [2.24, 2.45) is 5.92 Å². The van der Waals surface area contributed by atoms with Crippen molar-refractivity contribution in [3.8, 4) is 0 Å². The number of amides is 1. The maximum absolute atomic E-state index is 13.2. The highest BCUT2D eigenvalue weighted by Crippen LogP contribution is 2.35. The molecule has 3 aliphatic rings. The third-order valence-electron chi connectivity index (χ3n) is 5.87. The van der Waals surface area contributed by atoms with Crippen LogP contribution in [0, 0.1) is 5.92 Å². The van der Waals surface area contributed by atoms with Crippen LogP contribution in [0.15, 0.2) is 24.3 Å². The smallest absolute Gasteiger partial charge is 0.395 e. The molecule has 4 N–H and O–H groups in total. The number of nitrogens with zero attached hydrogens (tertiary/aromatic N) is 2. The van der Waals surface area contributed by atoms with Gasteiger partial charge in [-0.15, -0.1) is 0 Å². The SMILES string of the molecule is C[C@@H](c1ccc(C(F)(F)F)cc1)N1NC(CO)C2C(=O)NC(N3CC(F)(F)C3)NC21. The van der Waals surface area contributed by atoms with Gasteiger partial charge in [-0.05, 0) is 24.6 Å². The number of alkyl halides is 5. The summed E-state index contributed by atoms with van der Waals surface area (Å²) < 4.78 is 65.0. The van der Waals surface area contributed by atoms with Gasteiger partial charge < -0.3 is 10.4 Å². The number of nitrogens with one attached hydrogen (secondary N) is 3. The first-order valence-corrected chi connectivity index (χ1v) is 9.51. The number of fused-ring (bicyclic) bond motifs is 1. The Morgan fingerprint density at radius 1 is 1.23 bits per heavy atom. The molecular weight excluding hydrogens is 413 g/mol. The second kappa shape index (κ2) is 7.38. The van der Waals surface area contributed by atoms with Gasteiger partial charge in [-0.25, -0.2) is 19.2 Å². The van der Waals surface area contributed by atoms with E-state index in [1.54, 1.807) is 11.9 Å². The largest absolute Gasteiger partial charge is 0.416 e. The molecular formula is C18H22F5N5O2. The zero-order valence-corrected chi connectivity index (χ0v) is 16.0. The van der Waals surface area contributed by atoms with Crippen LogP contribution >= 0.6 is 0 Å². The number of rotatable bonds is 4. The van der Waals surface area contributed by atoms with E-state index in [1.807, 2.05) is 0 Å². The number of aliphatic hydroxyl groups is 1. The molecule has 1 aromatic rings. The van der Waals surface area contributed by atoms with E-state index in [0.29, 0.717) is 5.56 Å². The normalized spacial score (nSPS) is 33.0. The summed E-state index contributed by atoms with van der Waals surface area (Å²) in [5, 5.41) is 17.1. The molecule has 0 saturated carbocycles. The lowest BCUT2D eigenvalue weighted by molar-refractivity contribution is -0.170. The van der Waals surface area contributed by atoms with Crippen LogP contribution in [0.3, 0.4) is 0 Å². The van der Waals surface area contributed by atoms with E-state index in [2.05, 4.69) is 16.1 Å². The van der Waals surface area contributed by atoms with Crippen LogP contribution in [0.2, 0.25) is 0 Å². The predicted octanol–water partition coefficient (Wildman–Crippen LogP) is 0.844. The first kappa shape index (κ1) is 21.4. The van der Waals surface area contributed by atoms with Crippen LogP contribution < -0.4 is 16.1 Å². The van der Waals surface area contributed by atoms with E-state index >= 15 is 0 Å². The van der Waals surface area contributed by atoms with Gasteiger partial charge in [-0.3, -0.25) is 15.0 Å². The molecule has 4 rings (SSSR count). The molecule has 12 heteroatoms. The number of aliphatic hydroxyl groups excluding tert-OH is 1. The number of benzene rings is 1. The monoisotopic (exact) mass is 435 g/mol. The van der Waals surface area contributed by atoms with E-state index in [1.165, 1.54) is 17.0 Å². The molecule has 0 radical (unpaired) electrons. The third-order valence-corrected chi connectivity index (χ3v) is 5.87. The number of halogens is 5. The van der Waals surface area contributed by atoms with Crippen molar-refractivity contribution < 1.29 is 31.9 Å². The second-order valence-electron chi connectivity index (χ2n) is 7.93. The number of hydrogen-bond donors (Lipinski definition) is 4. The van der Waals surface area contributed by atoms with Crippen LogP contribution in [0.1, 0.15) is 24.1 Å². The highest BCUT2D eigenvalue weighted by atomic mass is 19.4. The van der Waals surface area contributed by atoms with Gasteiger partial charge in [-0.1, -0.05) is 12.1 Å². The zero-order valence-electron chi connectivity index (χ0n) is 16.0. The quantitative estimate of drug-likeness (QED) is 0.526. The summed E-state index contributed by atoms with van der Waals surface area (Å²) in [6, 6.07) is 3.58. The second-order valence-corrected chi connectivity index (χ2v) is 7.93. The highest BCUT2D eigenvalue weighted by molar-refractivity contribution is 5.81. The maximum Gasteiger partial charge on any atom is 0.416 e. The lowest BCUT2D eigenvalue weighted by Crippen LogP contribution is -2.74. The van der Waals surface area contributed by atoms with Crippen molar-refractivity contribution in [1.82, 2.24) is 26.0 Å². The topological polar surface area (TPSA) is 79.9 Å². The van der Waals surface area contributed by atoms with Crippen molar-refractivity contribution in [3.63, 3.8) is 0 Å². The standard InChI is InChI=1S/C18H22F5N5O2/c1-9(10-2-4-11(5-3-10)18(21,22)23)28-14-13(12(6-29)26-28)15(30)25-16(24-14)27-7-17(19,20)8-27/h2-5,9,12-14,16,24,26,29H,6-8H2,1H3,(H,25,30)/t9-,12?,13?,14?,16?/m0/s1. The van der Waals surface area contributed by atoms with E-state index in [0.717, 1.165) is 12.1 Å². The Hall–Kier alpha value is -1.86. The molecule has 5 atom stereocenters. The molecule has 0 aliphatic carbocycles. The van der Waals surface area contributed by atoms with E-state index in [-0.39, 0.29) is 6.61 Å². The molecule has 0 bridgehead atoms. The average molecular weight is 435 g/mol. The van der Waals surface area contributed by atoms with Crippen molar-refractivity contribution in [3.05, 3.63) is 35.4 Å². The first-order valence-electron chi connectivity index (χ1n) is 9.51. The molecule has 7 nitrogen and oxygen atoms in total. The Kier molecular flexibility index (Phi) is 5.26. The van der Waals surface area contributed by atoms with Crippen molar-refractivity contribution in [2.45, 2.75) is 43.6 Å². The minimum absolute atomic E-state index is 0.348. The van der Waals surface area contributed by atoms with Crippen LogP contribution in [-0.2, 0) is 11.0 Å². The molecule has 3 aliphatic heterocycles. The van der Waals surface area contributed by atoms with Gasteiger partial charge in [0, 0.05) is 6.04 Å². The fourth-order valence-electron chi connectivity index (χ4n) is 4.24. The number of carbonyl (C=O) groups is 1. The average Bonchev–Trinajstić information content (AvgIpc) is 3.04. The lowest BCUT2D eigenvalue weighted by atomic mass is 9.95. The summed E-state index contributed by atoms with van der Waals surface area (Å²) in [4.78, 5) is 14.0. The maximum atomic E-state index is 13.2. The van der Waals surface area contributed by atoms with Crippen molar-refractivity contribution >= 4 is 5.91 Å². The lowest BCUT2D eigenvalue weighted by Gasteiger charge is -2.48. The Morgan fingerprint density at radius 2 is 1.87 bits per heavy atom. The third kappa shape index (κ3) is 3.78. The van der Waals surface area contributed by atoms with Crippen LogP contribution in [0.5, 0.6) is 0 Å².